The molecular formula is C53H48N8+4. The Kier molecular flexibility index (Phi) is 12.0. The van der Waals surface area contributed by atoms with E-state index in [1.165, 1.54) is 0 Å². The molecule has 8 rings (SSSR count). The van der Waals surface area contributed by atoms with Crippen LogP contribution >= 0.6 is 0 Å². The van der Waals surface area contributed by atoms with Gasteiger partial charge >= 0.3 is 0 Å². The minimum Gasteiger partial charge on any atom is -0.256 e. The third-order valence-corrected chi connectivity index (χ3v) is 10.7. The number of rotatable bonds is 12. The summed E-state index contributed by atoms with van der Waals surface area (Å²) in [6, 6.07) is 50.8. The third-order valence-electron chi connectivity index (χ3n) is 10.7. The topological polar surface area (TPSA) is 65.0 Å². The Labute approximate surface area is 357 Å². The van der Waals surface area contributed by atoms with Crippen LogP contribution in [0.15, 0.2) is 215 Å². The summed E-state index contributed by atoms with van der Waals surface area (Å²) < 4.78 is 8.05. The quantitative estimate of drug-likeness (QED) is 0.0678. The maximum Gasteiger partial charge on any atom is 0.169 e. The Bertz CT molecular complexity index is 2410. The van der Waals surface area contributed by atoms with Crippen LogP contribution in [-0.2, 0) is 33.6 Å². The number of pyridine rings is 4. The van der Waals surface area contributed by atoms with Crippen molar-refractivity contribution < 1.29 is 18.3 Å². The molecule has 0 aliphatic heterocycles. The number of aliphatic imine (C=N–C) groups is 4. The molecule has 0 aliphatic carbocycles. The highest BCUT2D eigenvalue weighted by Crippen LogP contribution is 2.46. The lowest BCUT2D eigenvalue weighted by molar-refractivity contribution is -0.671. The van der Waals surface area contributed by atoms with Crippen molar-refractivity contribution in [3.05, 3.63) is 240 Å². The van der Waals surface area contributed by atoms with E-state index in [4.69, 9.17) is 20.0 Å². The zero-order chi connectivity index (χ0) is 42.0. The molecule has 0 saturated heterocycles. The number of aromatic nitrogens is 4. The predicted molar refractivity (Wildman–Crippen MR) is 244 cm³/mol. The summed E-state index contributed by atoms with van der Waals surface area (Å²) in [6.45, 7) is 0. The van der Waals surface area contributed by atoms with Crippen molar-refractivity contribution >= 4 is 47.6 Å². The van der Waals surface area contributed by atoms with Gasteiger partial charge in [-0.15, -0.1) is 0 Å². The predicted octanol–water partition coefficient (Wildman–Crippen LogP) is 8.37. The summed E-state index contributed by atoms with van der Waals surface area (Å²) in [6.07, 6.45) is 23.8. The van der Waals surface area contributed by atoms with Crippen LogP contribution in [0.4, 0.5) is 22.7 Å². The number of nitrogens with zero attached hydrogens (tertiary/aromatic N) is 8. The first-order valence-electron chi connectivity index (χ1n) is 20.2. The maximum atomic E-state index is 4.85. The van der Waals surface area contributed by atoms with E-state index in [1.54, 1.807) is 0 Å². The molecule has 0 spiro atoms. The monoisotopic (exact) mass is 796 g/mol. The van der Waals surface area contributed by atoms with E-state index in [2.05, 4.69) is 146 Å². The van der Waals surface area contributed by atoms with Gasteiger partial charge in [0.15, 0.2) is 49.6 Å². The fourth-order valence-corrected chi connectivity index (χ4v) is 7.18. The minimum absolute atomic E-state index is 0.736. The van der Waals surface area contributed by atoms with Crippen LogP contribution < -0.4 is 18.3 Å². The molecule has 0 radical (unpaired) electrons. The molecule has 8 aromatic rings. The van der Waals surface area contributed by atoms with Gasteiger partial charge in [0.2, 0.25) is 0 Å². The second-order valence-corrected chi connectivity index (χ2v) is 15.2. The first-order chi connectivity index (χ1) is 29.8. The molecule has 0 amide bonds. The molecule has 0 N–H and O–H groups in total. The number of hydrogen-bond acceptors (Lipinski definition) is 4. The Hall–Kier alpha value is -7.84. The lowest BCUT2D eigenvalue weighted by atomic mass is 9.65. The molecule has 8 nitrogen and oxygen atoms in total. The third kappa shape index (κ3) is 9.73. The van der Waals surface area contributed by atoms with Gasteiger partial charge in [0.05, 0.1) is 28.2 Å². The summed E-state index contributed by atoms with van der Waals surface area (Å²) in [4.78, 5) is 19.4. The van der Waals surface area contributed by atoms with Gasteiger partial charge in [-0.2, -0.15) is 0 Å². The number of aryl methyl sites for hydroxylation is 4. The number of benzene rings is 4. The first kappa shape index (κ1) is 40.0. The molecule has 296 valence electrons. The zero-order valence-corrected chi connectivity index (χ0v) is 34.9. The van der Waals surface area contributed by atoms with Crippen molar-refractivity contribution in [1.82, 2.24) is 0 Å². The smallest absolute Gasteiger partial charge is 0.169 e. The molecule has 0 fully saturated rings. The second-order valence-electron chi connectivity index (χ2n) is 15.2. The molecule has 8 heteroatoms. The molecule has 4 aromatic carbocycles. The van der Waals surface area contributed by atoms with Crippen molar-refractivity contribution in [2.24, 2.45) is 48.2 Å². The van der Waals surface area contributed by atoms with Crippen LogP contribution in [0.3, 0.4) is 0 Å². The van der Waals surface area contributed by atoms with Gasteiger partial charge in [0.1, 0.15) is 28.2 Å². The molecule has 4 aromatic heterocycles. The van der Waals surface area contributed by atoms with Crippen LogP contribution in [0, 0.1) is 0 Å². The molecule has 61 heavy (non-hydrogen) atoms. The first-order valence-corrected chi connectivity index (χ1v) is 20.2. The lowest BCUT2D eigenvalue weighted by Gasteiger charge is -2.37. The van der Waals surface area contributed by atoms with E-state index >= 15 is 0 Å². The normalized spacial score (nSPS) is 12.8. The van der Waals surface area contributed by atoms with Crippen molar-refractivity contribution in [2.75, 3.05) is 0 Å². The maximum absolute atomic E-state index is 4.85. The highest BCUT2D eigenvalue weighted by molar-refractivity contribution is 5.83. The standard InChI is InChI=1S/C53H48N8/c1-58-29-21-41(22-30-58)37-54-49-13-5-45(6-14-49)53(46-7-15-50(16-8-46)55-38-42-23-31-59(2)32-24-42,47-9-17-51(18-10-47)56-39-43-25-33-60(3)34-26-43)48-11-19-52(20-12-48)57-40-44-27-35-61(4)36-28-44/h5-40H,1-4H3/q+4. The van der Waals surface area contributed by atoms with E-state index < -0.39 is 5.41 Å². The van der Waals surface area contributed by atoms with Crippen molar-refractivity contribution in [2.45, 2.75) is 5.41 Å². The molecule has 0 aliphatic rings. The van der Waals surface area contributed by atoms with Crippen molar-refractivity contribution in [1.29, 1.82) is 0 Å². The summed E-state index contributed by atoms with van der Waals surface area (Å²) in [5.74, 6) is 0. The van der Waals surface area contributed by atoms with Crippen LogP contribution in [0.25, 0.3) is 0 Å². The largest absolute Gasteiger partial charge is 0.256 e. The molecule has 0 atom stereocenters. The highest BCUT2D eigenvalue weighted by atomic mass is 14.9. The Morgan fingerprint density at radius 1 is 0.279 bits per heavy atom. The van der Waals surface area contributed by atoms with Crippen LogP contribution in [0.1, 0.15) is 44.5 Å². The van der Waals surface area contributed by atoms with E-state index in [1.807, 2.05) is 121 Å². The summed E-state index contributed by atoms with van der Waals surface area (Å²) in [7, 11) is 8.03. The molecule has 0 unspecified atom stereocenters. The summed E-state index contributed by atoms with van der Waals surface area (Å²) in [5, 5.41) is 0. The van der Waals surface area contributed by atoms with Crippen LogP contribution in [0.2, 0.25) is 0 Å². The summed E-state index contributed by atoms with van der Waals surface area (Å²) >= 11 is 0. The molecule has 0 bridgehead atoms. The van der Waals surface area contributed by atoms with E-state index in [0.29, 0.717) is 0 Å². The molecule has 4 heterocycles. The zero-order valence-electron chi connectivity index (χ0n) is 34.9. The molecular weight excluding hydrogens is 749 g/mol. The fraction of sp³-hybridized carbons (Fsp3) is 0.0943. The van der Waals surface area contributed by atoms with Gasteiger partial charge in [-0.1, -0.05) is 48.5 Å². The number of hydrogen-bond donors (Lipinski definition) is 0. The van der Waals surface area contributed by atoms with Gasteiger partial charge in [-0.3, -0.25) is 20.0 Å². The van der Waals surface area contributed by atoms with E-state index in [9.17, 15) is 0 Å². The average Bonchev–Trinajstić information content (AvgIpc) is 3.30. The van der Waals surface area contributed by atoms with Gasteiger partial charge in [0, 0.05) is 95.6 Å². The fourth-order valence-electron chi connectivity index (χ4n) is 7.18. The highest BCUT2D eigenvalue weighted by Gasteiger charge is 2.38. The van der Waals surface area contributed by atoms with Gasteiger partial charge in [0.25, 0.3) is 0 Å². The molecule has 0 saturated carbocycles. The minimum atomic E-state index is -0.736. The van der Waals surface area contributed by atoms with Gasteiger partial charge in [-0.05, 0) is 70.8 Å². The van der Waals surface area contributed by atoms with Gasteiger partial charge < -0.3 is 0 Å². The van der Waals surface area contributed by atoms with Crippen LogP contribution in [-0.4, -0.2) is 24.9 Å². The average molecular weight is 797 g/mol. The Morgan fingerprint density at radius 2 is 0.459 bits per heavy atom. The van der Waals surface area contributed by atoms with Crippen molar-refractivity contribution in [3.8, 4) is 0 Å². The summed E-state index contributed by atoms with van der Waals surface area (Å²) in [5.41, 5.74) is 11.2. The Balaban J connectivity index is 1.24. The van der Waals surface area contributed by atoms with Crippen molar-refractivity contribution in [3.63, 3.8) is 0 Å². The van der Waals surface area contributed by atoms with E-state index in [-0.39, 0.29) is 0 Å². The lowest BCUT2D eigenvalue weighted by Crippen LogP contribution is -2.30. The second kappa shape index (κ2) is 18.4. The SMILES string of the molecule is C[n+]1ccc(C=Nc2ccc(C(c3ccc(N=Cc4cc[n+](C)cc4)cc3)(c3ccc(N=Cc4cc[n+](C)cc4)cc3)c3ccc(N=Cc4cc[n+](C)cc4)cc3)cc2)cc1. The Morgan fingerprint density at radius 3 is 0.639 bits per heavy atom. The van der Waals surface area contributed by atoms with E-state index in [0.717, 1.165) is 67.3 Å². The van der Waals surface area contributed by atoms with Crippen LogP contribution in [0.5, 0.6) is 0 Å². The van der Waals surface area contributed by atoms with Gasteiger partial charge in [-0.25, -0.2) is 18.3 Å².